The Bertz CT molecular complexity index is 428. The molecule has 0 spiro atoms. The van der Waals surface area contributed by atoms with Crippen LogP contribution >= 0.6 is 0 Å². The third-order valence-electron chi connectivity index (χ3n) is 7.33. The topological polar surface area (TPSA) is 23.8 Å². The lowest BCUT2D eigenvalue weighted by molar-refractivity contribution is 0.136. The lowest BCUT2D eigenvalue weighted by Gasteiger charge is -2.39. The van der Waals surface area contributed by atoms with Gasteiger partial charge in [0.15, 0.2) is 0 Å². The van der Waals surface area contributed by atoms with E-state index in [4.69, 9.17) is 0 Å². The fraction of sp³-hybridized carbons (Fsp3) is 0.880. The first-order valence-corrected chi connectivity index (χ1v) is 11.8. The highest BCUT2D eigenvalue weighted by Gasteiger charge is 2.37. The zero-order chi connectivity index (χ0) is 18.7. The summed E-state index contributed by atoms with van der Waals surface area (Å²) in [7, 11) is 0. The fourth-order valence-electron chi connectivity index (χ4n) is 5.39. The molecule has 0 aromatic rings. The van der Waals surface area contributed by atoms with E-state index in [0.717, 1.165) is 37.0 Å². The van der Waals surface area contributed by atoms with E-state index in [1.54, 1.807) is 0 Å². The van der Waals surface area contributed by atoms with Crippen molar-refractivity contribution in [3.05, 3.63) is 12.2 Å². The molecule has 2 aliphatic carbocycles. The molecule has 2 aliphatic rings. The standard InChI is InChI=1S/C25H43N/c1-3-5-7-8-10-18-25(21-26)19-16-24(17-20-25)23-14-12-22(13-15-23)11-9-6-4-2/h10,18,22-24H,3-9,11-17,19-20H2,1-2H3/t22?,23?,24-,25+. The van der Waals surface area contributed by atoms with Gasteiger partial charge in [0.25, 0.3) is 0 Å². The maximum Gasteiger partial charge on any atom is 0.0753 e. The molecule has 0 atom stereocenters. The lowest BCUT2D eigenvalue weighted by atomic mass is 9.64. The van der Waals surface area contributed by atoms with Crippen molar-refractivity contribution in [3.8, 4) is 6.07 Å². The number of hydrogen-bond acceptors (Lipinski definition) is 1. The third kappa shape index (κ3) is 6.75. The van der Waals surface area contributed by atoms with Crippen LogP contribution in [0.3, 0.4) is 0 Å². The Morgan fingerprint density at radius 3 is 2.08 bits per heavy atom. The molecule has 148 valence electrons. The molecule has 0 aliphatic heterocycles. The van der Waals surface area contributed by atoms with E-state index < -0.39 is 0 Å². The molecule has 0 heterocycles. The molecule has 0 aromatic carbocycles. The Balaban J connectivity index is 1.71. The number of allylic oxidation sites excluding steroid dienone is 2. The molecule has 0 saturated heterocycles. The van der Waals surface area contributed by atoms with Crippen LogP contribution in [0.5, 0.6) is 0 Å². The monoisotopic (exact) mass is 357 g/mol. The molecule has 26 heavy (non-hydrogen) atoms. The first-order chi connectivity index (χ1) is 12.7. The van der Waals surface area contributed by atoms with Crippen molar-refractivity contribution >= 4 is 0 Å². The molecule has 0 radical (unpaired) electrons. The molecule has 2 fully saturated rings. The van der Waals surface area contributed by atoms with Crippen LogP contribution in [0.2, 0.25) is 0 Å². The van der Waals surface area contributed by atoms with Gasteiger partial charge in [0.1, 0.15) is 0 Å². The summed E-state index contributed by atoms with van der Waals surface area (Å²) in [5, 5.41) is 9.78. The van der Waals surface area contributed by atoms with Gasteiger partial charge in [-0.1, -0.05) is 77.4 Å². The van der Waals surface area contributed by atoms with Crippen molar-refractivity contribution in [1.82, 2.24) is 0 Å². The summed E-state index contributed by atoms with van der Waals surface area (Å²) in [6.07, 6.45) is 26.0. The van der Waals surface area contributed by atoms with Crippen LogP contribution in [0.1, 0.15) is 117 Å². The van der Waals surface area contributed by atoms with Crippen LogP contribution in [0, 0.1) is 34.5 Å². The Morgan fingerprint density at radius 1 is 0.846 bits per heavy atom. The second-order valence-corrected chi connectivity index (χ2v) is 9.28. The van der Waals surface area contributed by atoms with Gasteiger partial charge in [-0.3, -0.25) is 0 Å². The highest BCUT2D eigenvalue weighted by atomic mass is 14.4. The van der Waals surface area contributed by atoms with E-state index >= 15 is 0 Å². The van der Waals surface area contributed by atoms with Gasteiger partial charge < -0.3 is 0 Å². The molecule has 1 heteroatoms. The van der Waals surface area contributed by atoms with Crippen LogP contribution in [0.4, 0.5) is 0 Å². The van der Waals surface area contributed by atoms with E-state index in [-0.39, 0.29) is 5.41 Å². The minimum absolute atomic E-state index is 0.139. The van der Waals surface area contributed by atoms with Crippen LogP contribution in [0.15, 0.2) is 12.2 Å². The van der Waals surface area contributed by atoms with Gasteiger partial charge in [-0.25, -0.2) is 0 Å². The van der Waals surface area contributed by atoms with Crippen molar-refractivity contribution in [3.63, 3.8) is 0 Å². The van der Waals surface area contributed by atoms with E-state index in [9.17, 15) is 5.26 Å². The van der Waals surface area contributed by atoms with Crippen LogP contribution in [0.25, 0.3) is 0 Å². The minimum atomic E-state index is -0.139. The number of nitrogens with zero attached hydrogens (tertiary/aromatic N) is 1. The Hall–Kier alpha value is -0.770. The Morgan fingerprint density at radius 2 is 1.46 bits per heavy atom. The molecule has 0 bridgehead atoms. The molecular formula is C25H43N. The van der Waals surface area contributed by atoms with Crippen molar-refractivity contribution in [2.45, 2.75) is 117 Å². The minimum Gasteiger partial charge on any atom is -0.197 e. The van der Waals surface area contributed by atoms with Crippen molar-refractivity contribution in [2.75, 3.05) is 0 Å². The quantitative estimate of drug-likeness (QED) is 0.285. The van der Waals surface area contributed by atoms with Gasteiger partial charge in [0.05, 0.1) is 11.5 Å². The van der Waals surface area contributed by atoms with Gasteiger partial charge in [-0.2, -0.15) is 5.26 Å². The highest BCUT2D eigenvalue weighted by molar-refractivity contribution is 5.14. The molecular weight excluding hydrogens is 314 g/mol. The zero-order valence-electron chi connectivity index (χ0n) is 17.6. The summed E-state index contributed by atoms with van der Waals surface area (Å²) in [6, 6.07) is 2.68. The fourth-order valence-corrected chi connectivity index (χ4v) is 5.39. The Kier molecular flexibility index (Phi) is 9.80. The predicted octanol–water partition coefficient (Wildman–Crippen LogP) is 8.21. The molecule has 1 nitrogen and oxygen atoms in total. The normalized spacial score (nSPS) is 32.6. The average Bonchev–Trinajstić information content (AvgIpc) is 2.69. The SMILES string of the molecule is CCCCCC=C[C@]1(C#N)CC[C@@H](C2CCC(CCCCC)CC2)CC1. The summed E-state index contributed by atoms with van der Waals surface area (Å²) in [5.41, 5.74) is -0.139. The predicted molar refractivity (Wildman–Crippen MR) is 113 cm³/mol. The summed E-state index contributed by atoms with van der Waals surface area (Å²) >= 11 is 0. The molecule has 0 unspecified atom stereocenters. The lowest BCUT2D eigenvalue weighted by Crippen LogP contribution is -2.30. The maximum absolute atomic E-state index is 9.78. The van der Waals surface area contributed by atoms with E-state index in [0.29, 0.717) is 0 Å². The van der Waals surface area contributed by atoms with Gasteiger partial charge >= 0.3 is 0 Å². The van der Waals surface area contributed by atoms with Gasteiger partial charge in [-0.15, -0.1) is 0 Å². The molecule has 0 amide bonds. The van der Waals surface area contributed by atoms with Crippen molar-refractivity contribution < 1.29 is 0 Å². The van der Waals surface area contributed by atoms with E-state index in [1.807, 2.05) is 0 Å². The maximum atomic E-state index is 9.78. The van der Waals surface area contributed by atoms with Gasteiger partial charge in [0.2, 0.25) is 0 Å². The third-order valence-corrected chi connectivity index (χ3v) is 7.33. The second kappa shape index (κ2) is 11.8. The van der Waals surface area contributed by atoms with Crippen molar-refractivity contribution in [2.24, 2.45) is 23.2 Å². The zero-order valence-corrected chi connectivity index (χ0v) is 17.6. The van der Waals surface area contributed by atoms with Gasteiger partial charge in [-0.05, 0) is 69.1 Å². The number of unbranched alkanes of at least 4 members (excludes halogenated alkanes) is 5. The van der Waals surface area contributed by atoms with Crippen LogP contribution < -0.4 is 0 Å². The summed E-state index contributed by atoms with van der Waals surface area (Å²) in [4.78, 5) is 0. The number of nitriles is 1. The summed E-state index contributed by atoms with van der Waals surface area (Å²) in [6.45, 7) is 4.56. The molecule has 0 N–H and O–H groups in total. The highest BCUT2D eigenvalue weighted by Crippen LogP contribution is 2.46. The van der Waals surface area contributed by atoms with Crippen LogP contribution in [-0.2, 0) is 0 Å². The Labute approximate surface area is 163 Å². The average molecular weight is 358 g/mol. The first-order valence-electron chi connectivity index (χ1n) is 11.8. The number of hydrogen-bond donors (Lipinski definition) is 0. The van der Waals surface area contributed by atoms with Crippen molar-refractivity contribution in [1.29, 1.82) is 5.26 Å². The largest absolute Gasteiger partial charge is 0.197 e. The first kappa shape index (κ1) is 21.5. The van der Waals surface area contributed by atoms with E-state index in [1.165, 1.54) is 83.5 Å². The summed E-state index contributed by atoms with van der Waals surface area (Å²) < 4.78 is 0. The molecule has 0 aromatic heterocycles. The van der Waals surface area contributed by atoms with Crippen LogP contribution in [-0.4, -0.2) is 0 Å². The van der Waals surface area contributed by atoms with Gasteiger partial charge in [0, 0.05) is 0 Å². The smallest absolute Gasteiger partial charge is 0.0753 e. The molecule has 2 rings (SSSR count). The molecule has 2 saturated carbocycles. The van der Waals surface area contributed by atoms with E-state index in [2.05, 4.69) is 32.1 Å². The second-order valence-electron chi connectivity index (χ2n) is 9.28. The number of rotatable bonds is 10. The summed E-state index contributed by atoms with van der Waals surface area (Å²) in [5.74, 6) is 2.88.